The molecular weight excluding hydrogens is 467 g/mol. The third-order valence-corrected chi connectivity index (χ3v) is 6.66. The zero-order valence-corrected chi connectivity index (χ0v) is 20.2. The van der Waals surface area contributed by atoms with E-state index in [0.717, 1.165) is 22.7 Å². The molecule has 0 saturated heterocycles. The molecule has 0 radical (unpaired) electrons. The first-order chi connectivity index (χ1) is 17.0. The van der Waals surface area contributed by atoms with E-state index >= 15 is 0 Å². The fourth-order valence-corrected chi connectivity index (χ4v) is 4.48. The Hall–Kier alpha value is -3.39. The minimum Gasteiger partial charge on any atom is -0.461 e. The van der Waals surface area contributed by atoms with E-state index in [4.69, 9.17) is 9.47 Å². The monoisotopic (exact) mass is 494 g/mol. The Morgan fingerprint density at radius 1 is 1.06 bits per heavy atom. The zero-order valence-electron chi connectivity index (χ0n) is 19.4. The van der Waals surface area contributed by atoms with Crippen LogP contribution in [0, 0.1) is 11.7 Å². The molecule has 182 valence electrons. The number of ether oxygens (including phenoxy) is 2. The van der Waals surface area contributed by atoms with E-state index in [1.54, 1.807) is 17.8 Å². The highest BCUT2D eigenvalue weighted by Gasteiger charge is 2.29. The molecule has 0 bridgehead atoms. The topological polar surface area (TPSA) is 77.5 Å². The highest BCUT2D eigenvalue weighted by Crippen LogP contribution is 2.29. The van der Waals surface area contributed by atoms with Crippen LogP contribution in [0.1, 0.15) is 41.6 Å². The largest absolute Gasteiger partial charge is 0.461 e. The average Bonchev–Trinajstić information content (AvgIpc) is 2.89. The van der Waals surface area contributed by atoms with Gasteiger partial charge in [0, 0.05) is 10.9 Å². The SMILES string of the molecule is CSc1cccc(Oc2ncc(F)cc2C(=O)N[C@H]2CC[C@@H](C(=O)OCc3ccccc3)CC2)c1. The van der Waals surface area contributed by atoms with Crippen LogP contribution < -0.4 is 10.1 Å². The van der Waals surface area contributed by atoms with Crippen LogP contribution in [0.25, 0.3) is 0 Å². The van der Waals surface area contributed by atoms with Crippen LogP contribution in [0.2, 0.25) is 0 Å². The van der Waals surface area contributed by atoms with Gasteiger partial charge in [0.15, 0.2) is 0 Å². The van der Waals surface area contributed by atoms with E-state index in [-0.39, 0.29) is 36.0 Å². The second-order valence-electron chi connectivity index (χ2n) is 8.40. The molecule has 1 aliphatic carbocycles. The molecule has 1 amide bonds. The van der Waals surface area contributed by atoms with Gasteiger partial charge in [-0.05, 0) is 61.8 Å². The molecule has 3 aromatic rings. The first-order valence-corrected chi connectivity index (χ1v) is 12.7. The Balaban J connectivity index is 1.33. The number of esters is 1. The lowest BCUT2D eigenvalue weighted by Crippen LogP contribution is -2.39. The summed E-state index contributed by atoms with van der Waals surface area (Å²) in [6.07, 6.45) is 5.47. The molecule has 0 spiro atoms. The van der Waals surface area contributed by atoms with Gasteiger partial charge in [0.2, 0.25) is 5.88 Å². The number of halogens is 1. The molecule has 1 aromatic heterocycles. The van der Waals surface area contributed by atoms with E-state index in [1.165, 1.54) is 0 Å². The number of rotatable bonds is 8. The second-order valence-corrected chi connectivity index (χ2v) is 9.28. The molecule has 1 heterocycles. The lowest BCUT2D eigenvalue weighted by molar-refractivity contribution is -0.151. The van der Waals surface area contributed by atoms with Crippen LogP contribution in [-0.4, -0.2) is 29.2 Å². The Morgan fingerprint density at radius 3 is 2.57 bits per heavy atom. The number of benzene rings is 2. The van der Waals surface area contributed by atoms with Crippen LogP contribution in [-0.2, 0) is 16.1 Å². The van der Waals surface area contributed by atoms with Gasteiger partial charge in [0.1, 0.15) is 23.7 Å². The van der Waals surface area contributed by atoms with E-state index in [2.05, 4.69) is 10.3 Å². The van der Waals surface area contributed by atoms with Gasteiger partial charge in [0.05, 0.1) is 12.1 Å². The van der Waals surface area contributed by atoms with Crippen molar-refractivity contribution in [1.29, 1.82) is 0 Å². The molecule has 0 atom stereocenters. The summed E-state index contributed by atoms with van der Waals surface area (Å²) >= 11 is 1.56. The van der Waals surface area contributed by atoms with Crippen molar-refractivity contribution in [2.24, 2.45) is 5.92 Å². The van der Waals surface area contributed by atoms with Gasteiger partial charge in [-0.1, -0.05) is 36.4 Å². The van der Waals surface area contributed by atoms with Crippen molar-refractivity contribution in [1.82, 2.24) is 10.3 Å². The first kappa shape index (κ1) is 24.7. The molecule has 0 unspecified atom stereocenters. The van der Waals surface area contributed by atoms with Crippen LogP contribution in [0.4, 0.5) is 4.39 Å². The summed E-state index contributed by atoms with van der Waals surface area (Å²) in [5.74, 6) is -0.922. The van der Waals surface area contributed by atoms with Gasteiger partial charge >= 0.3 is 5.97 Å². The van der Waals surface area contributed by atoms with Crippen molar-refractivity contribution >= 4 is 23.6 Å². The van der Waals surface area contributed by atoms with Crippen LogP contribution >= 0.6 is 11.8 Å². The highest BCUT2D eigenvalue weighted by atomic mass is 32.2. The van der Waals surface area contributed by atoms with Gasteiger partial charge in [-0.3, -0.25) is 9.59 Å². The molecule has 6 nitrogen and oxygen atoms in total. The summed E-state index contributed by atoms with van der Waals surface area (Å²) in [5, 5.41) is 2.95. The molecule has 8 heteroatoms. The predicted octanol–water partition coefficient (Wildman–Crippen LogP) is 5.77. The van der Waals surface area contributed by atoms with Gasteiger partial charge in [-0.15, -0.1) is 11.8 Å². The number of amides is 1. The molecule has 1 saturated carbocycles. The van der Waals surface area contributed by atoms with Crippen molar-refractivity contribution in [3.63, 3.8) is 0 Å². The van der Waals surface area contributed by atoms with Crippen molar-refractivity contribution in [2.45, 2.75) is 43.2 Å². The first-order valence-electron chi connectivity index (χ1n) is 11.5. The number of carbonyl (C=O) groups is 2. The Morgan fingerprint density at radius 2 is 1.83 bits per heavy atom. The number of hydrogen-bond acceptors (Lipinski definition) is 6. The molecule has 4 rings (SSSR count). The molecule has 35 heavy (non-hydrogen) atoms. The number of nitrogens with one attached hydrogen (secondary N) is 1. The molecule has 2 aromatic carbocycles. The summed E-state index contributed by atoms with van der Waals surface area (Å²) in [4.78, 5) is 30.4. The summed E-state index contributed by atoms with van der Waals surface area (Å²) < 4.78 is 25.2. The predicted molar refractivity (Wildman–Crippen MR) is 132 cm³/mol. The minimum absolute atomic E-state index is 0.0314. The minimum atomic E-state index is -0.620. The molecular formula is C27H27FN2O4S. The van der Waals surface area contributed by atoms with E-state index in [9.17, 15) is 14.0 Å². The number of thioether (sulfide) groups is 1. The maximum atomic E-state index is 13.9. The van der Waals surface area contributed by atoms with Crippen molar-refractivity contribution in [2.75, 3.05) is 6.26 Å². The van der Waals surface area contributed by atoms with Gasteiger partial charge in [-0.2, -0.15) is 0 Å². The highest BCUT2D eigenvalue weighted by molar-refractivity contribution is 7.98. The lowest BCUT2D eigenvalue weighted by atomic mass is 9.86. The lowest BCUT2D eigenvalue weighted by Gasteiger charge is -2.28. The van der Waals surface area contributed by atoms with Crippen molar-refractivity contribution in [3.8, 4) is 11.6 Å². The standard InChI is InChI=1S/C27H27FN2O4S/c1-35-23-9-5-8-22(15-23)34-26-24(14-20(28)16-29-26)25(31)30-21-12-10-19(11-13-21)27(32)33-17-18-6-3-2-4-7-18/h2-9,14-16,19,21H,10-13,17H2,1H3,(H,30,31)/t19-,21+. The Kier molecular flexibility index (Phi) is 8.36. The number of hydrogen-bond donors (Lipinski definition) is 1. The van der Waals surface area contributed by atoms with E-state index < -0.39 is 11.7 Å². The summed E-state index contributed by atoms with van der Waals surface area (Å²) in [6.45, 7) is 0.255. The molecule has 1 N–H and O–H groups in total. The second kappa shape index (κ2) is 11.8. The number of aromatic nitrogens is 1. The molecule has 1 fully saturated rings. The summed E-state index contributed by atoms with van der Waals surface area (Å²) in [6, 6.07) is 17.9. The Bertz CT molecular complexity index is 1170. The van der Waals surface area contributed by atoms with Crippen LogP contribution in [0.3, 0.4) is 0 Å². The number of nitrogens with zero attached hydrogens (tertiary/aromatic N) is 1. The summed E-state index contributed by atoms with van der Waals surface area (Å²) in [5.41, 5.74) is 0.979. The van der Waals surface area contributed by atoms with Crippen LogP contribution in [0.5, 0.6) is 11.6 Å². The maximum absolute atomic E-state index is 13.9. The van der Waals surface area contributed by atoms with Crippen LogP contribution in [0.15, 0.2) is 71.8 Å². The fourth-order valence-electron chi connectivity index (χ4n) is 4.03. The van der Waals surface area contributed by atoms with Gasteiger partial charge in [-0.25, -0.2) is 9.37 Å². The third-order valence-electron chi connectivity index (χ3n) is 5.94. The van der Waals surface area contributed by atoms with E-state index in [0.29, 0.717) is 31.4 Å². The molecule has 1 aliphatic rings. The zero-order chi connectivity index (χ0) is 24.6. The third kappa shape index (κ3) is 6.82. The number of carbonyl (C=O) groups excluding carboxylic acids is 2. The fraction of sp³-hybridized carbons (Fsp3) is 0.296. The van der Waals surface area contributed by atoms with Gasteiger partial charge < -0.3 is 14.8 Å². The maximum Gasteiger partial charge on any atom is 0.309 e. The smallest absolute Gasteiger partial charge is 0.309 e. The normalized spacial score (nSPS) is 17.4. The Labute approximate surface area is 208 Å². The summed E-state index contributed by atoms with van der Waals surface area (Å²) in [7, 11) is 0. The average molecular weight is 495 g/mol. The van der Waals surface area contributed by atoms with Crippen molar-refractivity contribution in [3.05, 3.63) is 83.8 Å². The van der Waals surface area contributed by atoms with Crippen molar-refractivity contribution < 1.29 is 23.5 Å². The van der Waals surface area contributed by atoms with E-state index in [1.807, 2.05) is 54.8 Å². The quantitative estimate of drug-likeness (QED) is 0.317. The van der Waals surface area contributed by atoms with Gasteiger partial charge in [0.25, 0.3) is 5.91 Å². The number of pyridine rings is 1. The molecule has 0 aliphatic heterocycles.